The molecule has 3 rings (SSSR count). The fourth-order valence-electron chi connectivity index (χ4n) is 3.00. The van der Waals surface area contributed by atoms with Crippen LogP contribution >= 0.6 is 0 Å². The third-order valence-corrected chi connectivity index (χ3v) is 4.24. The van der Waals surface area contributed by atoms with Crippen molar-refractivity contribution in [1.82, 2.24) is 4.57 Å². The number of ether oxygens (including phenoxy) is 1. The first-order valence-corrected chi connectivity index (χ1v) is 8.15. The lowest BCUT2D eigenvalue weighted by molar-refractivity contribution is -0.119. The van der Waals surface area contributed by atoms with E-state index in [1.165, 1.54) is 0 Å². The molecule has 2 aromatic carbocycles. The zero-order valence-corrected chi connectivity index (χ0v) is 14.3. The number of nitrogens with zero attached hydrogens (tertiary/aromatic N) is 2. The standard InChI is InChI=1S/C20H20N2O3/c1-3-22(16-7-5-4-6-8-16)20(24)13-21-12-15(14-23)18-11-17(25-2)9-10-19(18)21/h4-12,14H,3,13H2,1-2H3. The minimum Gasteiger partial charge on any atom is -0.497 e. The molecule has 25 heavy (non-hydrogen) atoms. The van der Waals surface area contributed by atoms with Gasteiger partial charge in [0, 0.05) is 34.9 Å². The molecule has 0 bridgehead atoms. The van der Waals surface area contributed by atoms with Crippen molar-refractivity contribution in [3.63, 3.8) is 0 Å². The first kappa shape index (κ1) is 16.8. The van der Waals surface area contributed by atoms with E-state index in [1.54, 1.807) is 18.2 Å². The molecule has 0 aliphatic heterocycles. The minimum atomic E-state index is -0.0288. The minimum absolute atomic E-state index is 0.0288. The first-order valence-electron chi connectivity index (χ1n) is 8.15. The summed E-state index contributed by atoms with van der Waals surface area (Å²) >= 11 is 0. The molecule has 5 nitrogen and oxygen atoms in total. The summed E-state index contributed by atoms with van der Waals surface area (Å²) in [6.07, 6.45) is 2.52. The molecular formula is C20H20N2O3. The van der Waals surface area contributed by atoms with E-state index in [9.17, 15) is 9.59 Å². The largest absolute Gasteiger partial charge is 0.497 e. The van der Waals surface area contributed by atoms with Gasteiger partial charge < -0.3 is 14.2 Å². The van der Waals surface area contributed by atoms with Gasteiger partial charge in [-0.2, -0.15) is 0 Å². The van der Waals surface area contributed by atoms with Gasteiger partial charge in [0.15, 0.2) is 6.29 Å². The summed E-state index contributed by atoms with van der Waals surface area (Å²) in [6.45, 7) is 2.69. The molecule has 1 amide bonds. The molecular weight excluding hydrogens is 316 g/mol. The Morgan fingerprint density at radius 1 is 1.20 bits per heavy atom. The molecule has 0 atom stereocenters. The quantitative estimate of drug-likeness (QED) is 0.647. The lowest BCUT2D eigenvalue weighted by Crippen LogP contribution is -2.33. The summed E-state index contributed by atoms with van der Waals surface area (Å²) in [5.74, 6) is 0.651. The summed E-state index contributed by atoms with van der Waals surface area (Å²) in [7, 11) is 1.58. The van der Waals surface area contributed by atoms with Crippen molar-refractivity contribution < 1.29 is 14.3 Å². The van der Waals surface area contributed by atoms with Crippen LogP contribution in [0, 0.1) is 0 Å². The van der Waals surface area contributed by atoms with Crippen molar-refractivity contribution in [2.75, 3.05) is 18.6 Å². The number of para-hydroxylation sites is 1. The van der Waals surface area contributed by atoms with Gasteiger partial charge in [-0.25, -0.2) is 0 Å². The lowest BCUT2D eigenvalue weighted by atomic mass is 10.2. The van der Waals surface area contributed by atoms with Crippen molar-refractivity contribution >= 4 is 28.8 Å². The van der Waals surface area contributed by atoms with Gasteiger partial charge in [0.05, 0.1) is 7.11 Å². The second-order valence-electron chi connectivity index (χ2n) is 5.69. The number of anilines is 1. The van der Waals surface area contributed by atoms with Crippen LogP contribution in [0.5, 0.6) is 5.75 Å². The number of aromatic nitrogens is 1. The average molecular weight is 336 g/mol. The van der Waals surface area contributed by atoms with Crippen molar-refractivity contribution in [2.24, 2.45) is 0 Å². The Bertz CT molecular complexity index is 900. The fourth-order valence-corrected chi connectivity index (χ4v) is 3.00. The maximum Gasteiger partial charge on any atom is 0.246 e. The van der Waals surface area contributed by atoms with Crippen molar-refractivity contribution in [2.45, 2.75) is 13.5 Å². The molecule has 0 aliphatic rings. The number of hydrogen-bond acceptors (Lipinski definition) is 3. The Morgan fingerprint density at radius 2 is 1.96 bits per heavy atom. The molecule has 0 spiro atoms. The highest BCUT2D eigenvalue weighted by Crippen LogP contribution is 2.25. The molecule has 1 heterocycles. The number of fused-ring (bicyclic) bond motifs is 1. The number of amides is 1. The number of methoxy groups -OCH3 is 1. The van der Waals surface area contributed by atoms with Crippen LogP contribution in [0.2, 0.25) is 0 Å². The summed E-state index contributed by atoms with van der Waals surface area (Å²) < 4.78 is 7.04. The molecule has 1 aromatic heterocycles. The van der Waals surface area contributed by atoms with Crippen molar-refractivity contribution in [1.29, 1.82) is 0 Å². The van der Waals surface area contributed by atoms with E-state index >= 15 is 0 Å². The van der Waals surface area contributed by atoms with Gasteiger partial charge in [-0.1, -0.05) is 18.2 Å². The van der Waals surface area contributed by atoms with Crippen molar-refractivity contribution in [3.8, 4) is 5.75 Å². The highest BCUT2D eigenvalue weighted by molar-refractivity contribution is 6.00. The van der Waals surface area contributed by atoms with Gasteiger partial charge in [0.1, 0.15) is 12.3 Å². The molecule has 128 valence electrons. The Labute approximate surface area is 146 Å². The van der Waals surface area contributed by atoms with Crippen LogP contribution in [0.3, 0.4) is 0 Å². The topological polar surface area (TPSA) is 51.5 Å². The van der Waals surface area contributed by atoms with Gasteiger partial charge in [-0.3, -0.25) is 9.59 Å². The number of rotatable bonds is 6. The second-order valence-corrected chi connectivity index (χ2v) is 5.69. The number of aldehydes is 1. The van der Waals surface area contributed by atoms with Gasteiger partial charge in [0.25, 0.3) is 0 Å². The molecule has 0 N–H and O–H groups in total. The molecule has 0 saturated carbocycles. The maximum absolute atomic E-state index is 12.8. The Kier molecular flexibility index (Phi) is 4.84. The normalized spacial score (nSPS) is 10.6. The van der Waals surface area contributed by atoms with E-state index in [4.69, 9.17) is 4.74 Å². The summed E-state index contributed by atoms with van der Waals surface area (Å²) in [5, 5.41) is 0.782. The predicted molar refractivity (Wildman–Crippen MR) is 98.3 cm³/mol. The number of hydrogen-bond donors (Lipinski definition) is 0. The summed E-state index contributed by atoms with van der Waals surface area (Å²) in [5.41, 5.74) is 2.24. The highest BCUT2D eigenvalue weighted by atomic mass is 16.5. The zero-order valence-electron chi connectivity index (χ0n) is 14.3. The highest BCUT2D eigenvalue weighted by Gasteiger charge is 2.17. The van der Waals surface area contributed by atoms with Crippen LogP contribution in [0.4, 0.5) is 5.69 Å². The molecule has 0 aliphatic carbocycles. The smallest absolute Gasteiger partial charge is 0.246 e. The number of carbonyl (C=O) groups excluding carboxylic acids is 2. The van der Waals surface area contributed by atoms with Gasteiger partial charge in [0.2, 0.25) is 5.91 Å². The molecule has 0 radical (unpaired) electrons. The third kappa shape index (κ3) is 3.26. The zero-order chi connectivity index (χ0) is 17.8. The molecule has 5 heteroatoms. The second kappa shape index (κ2) is 7.21. The van der Waals surface area contributed by atoms with Crippen LogP contribution in [0.25, 0.3) is 10.9 Å². The van der Waals surface area contributed by atoms with Crippen LogP contribution in [0.15, 0.2) is 54.7 Å². The SMILES string of the molecule is CCN(C(=O)Cn1cc(C=O)c2cc(OC)ccc21)c1ccccc1. The van der Waals surface area contributed by atoms with Gasteiger partial charge >= 0.3 is 0 Å². The third-order valence-electron chi connectivity index (χ3n) is 4.24. The van der Waals surface area contributed by atoms with Crippen molar-refractivity contribution in [3.05, 3.63) is 60.3 Å². The van der Waals surface area contributed by atoms with E-state index in [2.05, 4.69) is 0 Å². The Hall–Kier alpha value is -3.08. The van der Waals surface area contributed by atoms with Crippen LogP contribution < -0.4 is 9.64 Å². The molecule has 0 fully saturated rings. The lowest BCUT2D eigenvalue weighted by Gasteiger charge is -2.21. The van der Waals surface area contributed by atoms with Crippen LogP contribution in [-0.2, 0) is 11.3 Å². The summed E-state index contributed by atoms with van der Waals surface area (Å²) in [6, 6.07) is 15.1. The number of carbonyl (C=O) groups is 2. The number of benzene rings is 2. The average Bonchev–Trinajstić information content (AvgIpc) is 3.00. The molecule has 0 saturated heterocycles. The monoisotopic (exact) mass is 336 g/mol. The van der Waals surface area contributed by atoms with Crippen LogP contribution in [0.1, 0.15) is 17.3 Å². The van der Waals surface area contributed by atoms with Gasteiger partial charge in [-0.15, -0.1) is 0 Å². The first-order chi connectivity index (χ1) is 12.2. The molecule has 3 aromatic rings. The van der Waals surface area contributed by atoms with Gasteiger partial charge in [-0.05, 0) is 37.3 Å². The predicted octanol–water partition coefficient (Wildman–Crippen LogP) is 3.52. The Balaban J connectivity index is 1.94. The van der Waals surface area contributed by atoms with Crippen LogP contribution in [-0.4, -0.2) is 30.4 Å². The van der Waals surface area contributed by atoms with E-state index in [1.807, 2.05) is 60.0 Å². The molecule has 0 unspecified atom stereocenters. The maximum atomic E-state index is 12.8. The van der Waals surface area contributed by atoms with E-state index in [0.29, 0.717) is 17.9 Å². The van der Waals surface area contributed by atoms with E-state index < -0.39 is 0 Å². The Morgan fingerprint density at radius 3 is 2.60 bits per heavy atom. The van der Waals surface area contributed by atoms with E-state index in [0.717, 1.165) is 22.9 Å². The number of likely N-dealkylation sites (N-methyl/N-ethyl adjacent to an activating group) is 1. The fraction of sp³-hybridized carbons (Fsp3) is 0.200. The van der Waals surface area contributed by atoms with E-state index in [-0.39, 0.29) is 12.5 Å². The summed E-state index contributed by atoms with van der Waals surface area (Å²) in [4.78, 5) is 25.9.